The molecule has 0 amide bonds. The van der Waals surface area contributed by atoms with E-state index in [4.69, 9.17) is 14.7 Å². The van der Waals surface area contributed by atoms with E-state index < -0.39 is 16.0 Å². The fourth-order valence-corrected chi connectivity index (χ4v) is 3.53. The van der Waals surface area contributed by atoms with Gasteiger partial charge in [-0.3, -0.25) is 0 Å². The molecule has 22 heavy (non-hydrogen) atoms. The Morgan fingerprint density at radius 3 is 2.73 bits per heavy atom. The van der Waals surface area contributed by atoms with Gasteiger partial charge in [-0.2, -0.15) is 9.57 Å². The Bertz CT molecular complexity index is 702. The van der Waals surface area contributed by atoms with Crippen LogP contribution in [-0.2, 0) is 19.5 Å². The number of hydrogen-bond donors (Lipinski definition) is 0. The van der Waals surface area contributed by atoms with E-state index >= 15 is 0 Å². The smallest absolute Gasteiger partial charge is 0.339 e. The average Bonchev–Trinajstić information content (AvgIpc) is 2.53. The van der Waals surface area contributed by atoms with Gasteiger partial charge >= 0.3 is 5.97 Å². The maximum atomic E-state index is 12.6. The highest BCUT2D eigenvalue weighted by Gasteiger charge is 2.27. The van der Waals surface area contributed by atoms with Crippen molar-refractivity contribution in [3.63, 3.8) is 0 Å². The van der Waals surface area contributed by atoms with Crippen LogP contribution in [0.15, 0.2) is 23.1 Å². The number of morpholine rings is 1. The molecular weight excluding hydrogens is 308 g/mol. The van der Waals surface area contributed by atoms with Crippen LogP contribution in [0.4, 0.5) is 0 Å². The molecule has 0 spiro atoms. The lowest BCUT2D eigenvalue weighted by Gasteiger charge is -2.26. The fraction of sp³-hybridized carbons (Fsp3) is 0.429. The summed E-state index contributed by atoms with van der Waals surface area (Å²) in [6.45, 7) is 2.56. The maximum absolute atomic E-state index is 12.6. The minimum Gasteiger partial charge on any atom is -0.447 e. The maximum Gasteiger partial charge on any atom is 0.339 e. The summed E-state index contributed by atoms with van der Waals surface area (Å²) in [5, 5.41) is 8.44. The summed E-state index contributed by atoms with van der Waals surface area (Å²) in [5.74, 6) is -0.710. The summed E-state index contributed by atoms with van der Waals surface area (Å²) in [6, 6.07) is 6.00. The second kappa shape index (κ2) is 6.87. The number of aryl methyl sites for hydroxylation is 1. The Kier molecular flexibility index (Phi) is 5.13. The van der Waals surface area contributed by atoms with E-state index in [-0.39, 0.29) is 30.2 Å². The molecule has 0 aliphatic carbocycles. The first-order valence-corrected chi connectivity index (χ1v) is 8.13. The minimum absolute atomic E-state index is 0.0314. The lowest BCUT2D eigenvalue weighted by Crippen LogP contribution is -2.40. The second-order valence-corrected chi connectivity index (χ2v) is 6.67. The molecule has 1 saturated heterocycles. The number of ether oxygens (including phenoxy) is 2. The highest BCUT2D eigenvalue weighted by Crippen LogP contribution is 2.21. The normalized spacial score (nSPS) is 16.0. The lowest BCUT2D eigenvalue weighted by atomic mass is 10.1. The van der Waals surface area contributed by atoms with Gasteiger partial charge in [-0.1, -0.05) is 6.07 Å². The highest BCUT2D eigenvalue weighted by atomic mass is 32.2. The van der Waals surface area contributed by atoms with Gasteiger partial charge in [-0.05, 0) is 24.6 Å². The number of carbonyl (C=O) groups excluding carboxylic acids is 1. The van der Waals surface area contributed by atoms with Crippen LogP contribution in [-0.4, -0.2) is 51.6 Å². The molecule has 0 radical (unpaired) electrons. The molecule has 0 aromatic heterocycles. The van der Waals surface area contributed by atoms with Gasteiger partial charge < -0.3 is 9.47 Å². The molecule has 1 aliphatic rings. The summed E-state index contributed by atoms with van der Waals surface area (Å²) in [4.78, 5) is 11.9. The van der Waals surface area contributed by atoms with Crippen LogP contribution in [0, 0.1) is 18.3 Å². The van der Waals surface area contributed by atoms with Gasteiger partial charge in [0, 0.05) is 13.1 Å². The molecule has 8 heteroatoms. The van der Waals surface area contributed by atoms with Gasteiger partial charge in [-0.15, -0.1) is 0 Å². The van der Waals surface area contributed by atoms with Gasteiger partial charge in [0.05, 0.1) is 23.7 Å². The first-order chi connectivity index (χ1) is 10.5. The molecule has 0 N–H and O–H groups in total. The summed E-state index contributed by atoms with van der Waals surface area (Å²) in [7, 11) is -3.67. The van der Waals surface area contributed by atoms with E-state index in [9.17, 15) is 13.2 Å². The lowest BCUT2D eigenvalue weighted by molar-refractivity contribution is 0.0553. The number of carbonyl (C=O) groups is 1. The number of esters is 1. The SMILES string of the molecule is Cc1ccc(S(=O)(=O)N2CCOCC2)cc1C(=O)OCC#N. The molecule has 118 valence electrons. The molecule has 0 saturated carbocycles. The van der Waals surface area contributed by atoms with E-state index in [0.29, 0.717) is 18.8 Å². The van der Waals surface area contributed by atoms with Crippen LogP contribution >= 0.6 is 0 Å². The number of benzene rings is 1. The Morgan fingerprint density at radius 1 is 1.41 bits per heavy atom. The third-order valence-electron chi connectivity index (χ3n) is 3.30. The van der Waals surface area contributed by atoms with Crippen molar-refractivity contribution in [2.45, 2.75) is 11.8 Å². The Morgan fingerprint density at radius 2 is 2.09 bits per heavy atom. The molecule has 1 fully saturated rings. The standard InChI is InChI=1S/C14H16N2O5S/c1-11-2-3-12(10-13(11)14(17)21-7-4-15)22(18,19)16-5-8-20-9-6-16/h2-3,10H,5-9H2,1H3. The summed E-state index contributed by atoms with van der Waals surface area (Å²) >= 11 is 0. The molecule has 1 aliphatic heterocycles. The van der Waals surface area contributed by atoms with E-state index in [1.165, 1.54) is 16.4 Å². The number of nitriles is 1. The van der Waals surface area contributed by atoms with E-state index in [1.807, 2.05) is 0 Å². The molecule has 0 bridgehead atoms. The first kappa shape index (κ1) is 16.4. The van der Waals surface area contributed by atoms with Crippen molar-refractivity contribution in [2.75, 3.05) is 32.9 Å². The second-order valence-electron chi connectivity index (χ2n) is 4.73. The number of rotatable bonds is 4. The van der Waals surface area contributed by atoms with Crippen LogP contribution in [0.3, 0.4) is 0 Å². The van der Waals surface area contributed by atoms with Crippen LogP contribution in [0.1, 0.15) is 15.9 Å². The zero-order chi connectivity index (χ0) is 16.2. The van der Waals surface area contributed by atoms with Crippen LogP contribution in [0.5, 0.6) is 0 Å². The summed E-state index contributed by atoms with van der Waals surface area (Å²) in [6.07, 6.45) is 0. The monoisotopic (exact) mass is 324 g/mol. The van der Waals surface area contributed by atoms with Gasteiger partial charge in [0.25, 0.3) is 0 Å². The fourth-order valence-electron chi connectivity index (χ4n) is 2.09. The van der Waals surface area contributed by atoms with E-state index in [0.717, 1.165) is 0 Å². The molecule has 1 heterocycles. The van der Waals surface area contributed by atoms with Gasteiger partial charge in [0.2, 0.25) is 10.0 Å². The van der Waals surface area contributed by atoms with Crippen LogP contribution in [0.2, 0.25) is 0 Å². The molecule has 0 unspecified atom stereocenters. The van der Waals surface area contributed by atoms with Crippen LogP contribution in [0.25, 0.3) is 0 Å². The third kappa shape index (κ3) is 3.44. The summed E-state index contributed by atoms with van der Waals surface area (Å²) < 4.78 is 36.3. The number of hydrogen-bond acceptors (Lipinski definition) is 6. The third-order valence-corrected chi connectivity index (χ3v) is 5.20. The van der Waals surface area contributed by atoms with Crippen molar-refractivity contribution in [2.24, 2.45) is 0 Å². The molecule has 2 rings (SSSR count). The van der Waals surface area contributed by atoms with E-state index in [2.05, 4.69) is 0 Å². The van der Waals surface area contributed by atoms with Crippen molar-refractivity contribution in [1.82, 2.24) is 4.31 Å². The van der Waals surface area contributed by atoms with Crippen molar-refractivity contribution < 1.29 is 22.7 Å². The molecule has 0 atom stereocenters. The molecule has 7 nitrogen and oxygen atoms in total. The number of nitrogens with zero attached hydrogens (tertiary/aromatic N) is 2. The summed E-state index contributed by atoms with van der Waals surface area (Å²) in [5.41, 5.74) is 0.730. The van der Waals surface area contributed by atoms with Gasteiger partial charge in [0.1, 0.15) is 6.07 Å². The average molecular weight is 324 g/mol. The van der Waals surface area contributed by atoms with Crippen molar-refractivity contribution in [3.05, 3.63) is 29.3 Å². The molecule has 1 aromatic carbocycles. The molecule has 1 aromatic rings. The Labute approximate surface area is 129 Å². The van der Waals surface area contributed by atoms with Crippen LogP contribution < -0.4 is 0 Å². The predicted octanol–water partition coefficient (Wildman–Crippen LogP) is 0.696. The number of sulfonamides is 1. The first-order valence-electron chi connectivity index (χ1n) is 6.69. The van der Waals surface area contributed by atoms with E-state index in [1.54, 1.807) is 19.1 Å². The Hall–Kier alpha value is -1.95. The largest absolute Gasteiger partial charge is 0.447 e. The van der Waals surface area contributed by atoms with Crippen molar-refractivity contribution >= 4 is 16.0 Å². The Balaban J connectivity index is 2.32. The molecular formula is C14H16N2O5S. The highest BCUT2D eigenvalue weighted by molar-refractivity contribution is 7.89. The predicted molar refractivity (Wildman–Crippen MR) is 76.7 cm³/mol. The zero-order valence-corrected chi connectivity index (χ0v) is 12.9. The van der Waals surface area contributed by atoms with Crippen molar-refractivity contribution in [3.8, 4) is 6.07 Å². The minimum atomic E-state index is -3.67. The topological polar surface area (TPSA) is 96.7 Å². The quantitative estimate of drug-likeness (QED) is 0.756. The van der Waals surface area contributed by atoms with Gasteiger partial charge in [0.15, 0.2) is 6.61 Å². The van der Waals surface area contributed by atoms with Crippen molar-refractivity contribution in [1.29, 1.82) is 5.26 Å². The zero-order valence-electron chi connectivity index (χ0n) is 12.1. The van der Waals surface area contributed by atoms with Gasteiger partial charge in [-0.25, -0.2) is 13.2 Å².